The van der Waals surface area contributed by atoms with Gasteiger partial charge in [-0.3, -0.25) is 5.32 Å². The molecule has 1 aromatic heterocycles. The molecule has 1 aromatic carbocycles. The summed E-state index contributed by atoms with van der Waals surface area (Å²) in [5, 5.41) is 18.6. The lowest BCUT2D eigenvalue weighted by Gasteiger charge is -2.06. The molecule has 0 atom stereocenters. The fourth-order valence-corrected chi connectivity index (χ4v) is 1.99. The molecule has 3 N–H and O–H groups in total. The molecule has 1 heterocycles. The van der Waals surface area contributed by atoms with Gasteiger partial charge in [0.2, 0.25) is 0 Å². The smallest absolute Gasteiger partial charge is 0.320 e. The largest absolute Gasteiger partial charge is 0.394 e. The summed E-state index contributed by atoms with van der Waals surface area (Å²) in [4.78, 5) is 11.4. The molecule has 20 heavy (non-hydrogen) atoms. The second-order valence-electron chi connectivity index (χ2n) is 4.07. The zero-order valence-electron chi connectivity index (χ0n) is 10.9. The SMILES string of the molecule is CNC(=O)Nc1cc(-c2ccc(Br)cc2)nn1CCO. The van der Waals surface area contributed by atoms with Crippen molar-refractivity contribution in [2.45, 2.75) is 6.54 Å². The molecule has 0 aliphatic heterocycles. The molecule has 0 radical (unpaired) electrons. The zero-order valence-corrected chi connectivity index (χ0v) is 12.5. The van der Waals surface area contributed by atoms with Crippen molar-refractivity contribution in [1.29, 1.82) is 0 Å². The zero-order chi connectivity index (χ0) is 14.5. The molecule has 0 saturated carbocycles. The van der Waals surface area contributed by atoms with Crippen molar-refractivity contribution in [2.75, 3.05) is 19.0 Å². The number of carbonyl (C=O) groups is 1. The van der Waals surface area contributed by atoms with Crippen molar-refractivity contribution in [1.82, 2.24) is 15.1 Å². The number of hydrogen-bond acceptors (Lipinski definition) is 3. The van der Waals surface area contributed by atoms with Gasteiger partial charge in [-0.25, -0.2) is 9.48 Å². The van der Waals surface area contributed by atoms with E-state index < -0.39 is 0 Å². The predicted octanol–water partition coefficient (Wildman–Crippen LogP) is 2.06. The van der Waals surface area contributed by atoms with Crippen LogP contribution in [0.5, 0.6) is 0 Å². The number of amides is 2. The Labute approximate surface area is 124 Å². The van der Waals surface area contributed by atoms with E-state index in [9.17, 15) is 4.79 Å². The van der Waals surface area contributed by atoms with E-state index >= 15 is 0 Å². The summed E-state index contributed by atoms with van der Waals surface area (Å²) in [6, 6.07) is 9.15. The fourth-order valence-electron chi connectivity index (χ4n) is 1.72. The number of benzene rings is 1. The van der Waals surface area contributed by atoms with Crippen molar-refractivity contribution in [2.24, 2.45) is 0 Å². The van der Waals surface area contributed by atoms with Gasteiger partial charge in [-0.05, 0) is 12.1 Å². The third kappa shape index (κ3) is 3.37. The molecule has 0 saturated heterocycles. The number of rotatable bonds is 4. The van der Waals surface area contributed by atoms with Gasteiger partial charge in [-0.15, -0.1) is 0 Å². The van der Waals surface area contributed by atoms with Gasteiger partial charge >= 0.3 is 6.03 Å². The number of aliphatic hydroxyl groups excluding tert-OH is 1. The maximum Gasteiger partial charge on any atom is 0.320 e. The summed E-state index contributed by atoms with van der Waals surface area (Å²) >= 11 is 3.38. The molecule has 0 fully saturated rings. The van der Waals surface area contributed by atoms with E-state index in [1.807, 2.05) is 24.3 Å². The summed E-state index contributed by atoms with van der Waals surface area (Å²) in [6.07, 6.45) is 0. The molecule has 0 spiro atoms. The van der Waals surface area contributed by atoms with Crippen LogP contribution >= 0.6 is 15.9 Å². The first-order valence-electron chi connectivity index (χ1n) is 6.07. The lowest BCUT2D eigenvalue weighted by molar-refractivity contribution is 0.253. The highest BCUT2D eigenvalue weighted by atomic mass is 79.9. The number of aromatic nitrogens is 2. The van der Waals surface area contributed by atoms with Crippen molar-refractivity contribution < 1.29 is 9.90 Å². The van der Waals surface area contributed by atoms with E-state index in [1.165, 1.54) is 7.05 Å². The average molecular weight is 339 g/mol. The lowest BCUT2D eigenvalue weighted by Crippen LogP contribution is -2.26. The minimum atomic E-state index is -0.327. The van der Waals surface area contributed by atoms with Crippen LogP contribution in [0.4, 0.5) is 10.6 Å². The normalized spacial score (nSPS) is 10.3. The third-order valence-corrected chi connectivity index (χ3v) is 3.23. The summed E-state index contributed by atoms with van der Waals surface area (Å²) < 4.78 is 2.55. The summed E-state index contributed by atoms with van der Waals surface area (Å²) in [5.74, 6) is 0.538. The van der Waals surface area contributed by atoms with Gasteiger partial charge in [0, 0.05) is 23.2 Å². The van der Waals surface area contributed by atoms with Crippen LogP contribution in [-0.2, 0) is 6.54 Å². The van der Waals surface area contributed by atoms with Gasteiger partial charge in [0.15, 0.2) is 0 Å². The van der Waals surface area contributed by atoms with Crippen LogP contribution in [0.2, 0.25) is 0 Å². The molecule has 6 nitrogen and oxygen atoms in total. The first-order chi connectivity index (χ1) is 9.63. The van der Waals surface area contributed by atoms with E-state index in [-0.39, 0.29) is 12.6 Å². The monoisotopic (exact) mass is 338 g/mol. The molecule has 2 rings (SSSR count). The minimum absolute atomic E-state index is 0.0517. The van der Waals surface area contributed by atoms with Crippen molar-refractivity contribution in [3.63, 3.8) is 0 Å². The van der Waals surface area contributed by atoms with Crippen LogP contribution in [0.1, 0.15) is 0 Å². The van der Waals surface area contributed by atoms with Crippen LogP contribution in [0.3, 0.4) is 0 Å². The summed E-state index contributed by atoms with van der Waals surface area (Å²) in [7, 11) is 1.54. The number of hydrogen-bond donors (Lipinski definition) is 3. The predicted molar refractivity (Wildman–Crippen MR) is 80.5 cm³/mol. The molecule has 7 heteroatoms. The standard InChI is InChI=1S/C13H15BrN4O2/c1-15-13(20)16-12-8-11(17-18(12)6-7-19)9-2-4-10(14)5-3-9/h2-5,8,19H,6-7H2,1H3,(H2,15,16,20). The van der Waals surface area contributed by atoms with E-state index in [0.717, 1.165) is 15.7 Å². The molecule has 0 aliphatic carbocycles. The number of carbonyl (C=O) groups excluding carboxylic acids is 1. The van der Waals surface area contributed by atoms with Gasteiger partial charge in [0.05, 0.1) is 18.8 Å². The third-order valence-electron chi connectivity index (χ3n) is 2.70. The number of urea groups is 1. The molecule has 0 bridgehead atoms. The first kappa shape index (κ1) is 14.5. The van der Waals surface area contributed by atoms with Crippen molar-refractivity contribution in [3.05, 3.63) is 34.8 Å². The Morgan fingerprint density at radius 3 is 2.70 bits per heavy atom. The van der Waals surface area contributed by atoms with Crippen LogP contribution in [-0.4, -0.2) is 34.6 Å². The van der Waals surface area contributed by atoms with Crippen LogP contribution in [0, 0.1) is 0 Å². The van der Waals surface area contributed by atoms with E-state index in [0.29, 0.717) is 12.4 Å². The van der Waals surface area contributed by atoms with E-state index in [1.54, 1.807) is 10.7 Å². The minimum Gasteiger partial charge on any atom is -0.394 e. The van der Waals surface area contributed by atoms with Crippen LogP contribution in [0.25, 0.3) is 11.3 Å². The highest BCUT2D eigenvalue weighted by Gasteiger charge is 2.11. The van der Waals surface area contributed by atoms with Crippen molar-refractivity contribution in [3.8, 4) is 11.3 Å². The Balaban J connectivity index is 2.32. The number of anilines is 1. The first-order valence-corrected chi connectivity index (χ1v) is 6.86. The van der Waals surface area contributed by atoms with Gasteiger partial charge < -0.3 is 10.4 Å². The van der Waals surface area contributed by atoms with E-state index in [2.05, 4.69) is 31.7 Å². The molecule has 0 aliphatic rings. The van der Waals surface area contributed by atoms with Gasteiger partial charge in [-0.1, -0.05) is 28.1 Å². The Hall–Kier alpha value is -1.86. The maximum atomic E-state index is 11.4. The van der Waals surface area contributed by atoms with Gasteiger partial charge in [-0.2, -0.15) is 5.10 Å². The Kier molecular flexibility index (Phi) is 4.75. The highest BCUT2D eigenvalue weighted by molar-refractivity contribution is 9.10. The topological polar surface area (TPSA) is 79.2 Å². The van der Waals surface area contributed by atoms with E-state index in [4.69, 9.17) is 5.11 Å². The summed E-state index contributed by atoms with van der Waals surface area (Å²) in [6.45, 7) is 0.264. The summed E-state index contributed by atoms with van der Waals surface area (Å²) in [5.41, 5.74) is 1.67. The Bertz CT molecular complexity index is 595. The number of nitrogens with one attached hydrogen (secondary N) is 2. The van der Waals surface area contributed by atoms with Gasteiger partial charge in [0.1, 0.15) is 5.82 Å². The van der Waals surface area contributed by atoms with Crippen LogP contribution in [0.15, 0.2) is 34.8 Å². The molecule has 2 amide bonds. The van der Waals surface area contributed by atoms with Crippen molar-refractivity contribution >= 4 is 27.8 Å². The number of aliphatic hydroxyl groups is 1. The molecule has 2 aromatic rings. The second kappa shape index (κ2) is 6.53. The van der Waals surface area contributed by atoms with Gasteiger partial charge in [0.25, 0.3) is 0 Å². The molecule has 0 unspecified atom stereocenters. The lowest BCUT2D eigenvalue weighted by atomic mass is 10.1. The quantitative estimate of drug-likeness (QED) is 0.798. The second-order valence-corrected chi connectivity index (χ2v) is 4.99. The number of nitrogens with zero attached hydrogens (tertiary/aromatic N) is 2. The molecule has 106 valence electrons. The molecular weight excluding hydrogens is 324 g/mol. The Morgan fingerprint density at radius 2 is 2.10 bits per heavy atom. The fraction of sp³-hybridized carbons (Fsp3) is 0.231. The average Bonchev–Trinajstić information content (AvgIpc) is 2.83. The Morgan fingerprint density at radius 1 is 1.40 bits per heavy atom. The van der Waals surface area contributed by atoms with Crippen LogP contribution < -0.4 is 10.6 Å². The molecular formula is C13H15BrN4O2. The highest BCUT2D eigenvalue weighted by Crippen LogP contribution is 2.23. The number of halogens is 1. The maximum absolute atomic E-state index is 11.4.